The van der Waals surface area contributed by atoms with Gasteiger partial charge in [0.15, 0.2) is 0 Å². The molecule has 1 aliphatic rings. The van der Waals surface area contributed by atoms with Crippen molar-refractivity contribution >= 4 is 17.6 Å². The van der Waals surface area contributed by atoms with Gasteiger partial charge in [-0.05, 0) is 31.4 Å². The number of carboxylic acids is 1. The van der Waals surface area contributed by atoms with E-state index in [-0.39, 0.29) is 17.9 Å². The zero-order valence-corrected chi connectivity index (χ0v) is 12.5. The lowest BCUT2D eigenvalue weighted by molar-refractivity contribution is -0.142. The van der Waals surface area contributed by atoms with Crippen LogP contribution in [0.15, 0.2) is 24.3 Å². The van der Waals surface area contributed by atoms with Crippen LogP contribution in [0.3, 0.4) is 0 Å². The molecule has 0 heterocycles. The van der Waals surface area contributed by atoms with E-state index >= 15 is 0 Å². The van der Waals surface area contributed by atoms with Gasteiger partial charge in [-0.25, -0.2) is 0 Å². The van der Waals surface area contributed by atoms with E-state index < -0.39 is 5.97 Å². The standard InChI is InChI=1S/C16H22N2O3/c1-18(2)15(19)13-8-3-4-9-14(13)17-12-7-5-6-11(10-12)16(20)21/h3-4,8-9,11-12,17H,5-7,10H2,1-2H3,(H,20,21). The van der Waals surface area contributed by atoms with Gasteiger partial charge in [-0.15, -0.1) is 0 Å². The van der Waals surface area contributed by atoms with Gasteiger partial charge < -0.3 is 15.3 Å². The van der Waals surface area contributed by atoms with Crippen LogP contribution in [-0.2, 0) is 4.79 Å². The Balaban J connectivity index is 2.12. The Morgan fingerprint density at radius 3 is 2.62 bits per heavy atom. The van der Waals surface area contributed by atoms with Crippen molar-refractivity contribution in [2.24, 2.45) is 5.92 Å². The van der Waals surface area contributed by atoms with Gasteiger partial charge in [-0.1, -0.05) is 18.6 Å². The first kappa shape index (κ1) is 15.4. The molecule has 2 atom stereocenters. The lowest BCUT2D eigenvalue weighted by Crippen LogP contribution is -2.32. The van der Waals surface area contributed by atoms with E-state index in [0.717, 1.165) is 24.9 Å². The van der Waals surface area contributed by atoms with Crippen LogP contribution in [0.2, 0.25) is 0 Å². The number of anilines is 1. The van der Waals surface area contributed by atoms with Crippen molar-refractivity contribution in [3.05, 3.63) is 29.8 Å². The summed E-state index contributed by atoms with van der Waals surface area (Å²) in [7, 11) is 3.44. The van der Waals surface area contributed by atoms with Gasteiger partial charge in [-0.2, -0.15) is 0 Å². The van der Waals surface area contributed by atoms with Gasteiger partial charge in [0, 0.05) is 25.8 Å². The highest BCUT2D eigenvalue weighted by atomic mass is 16.4. The molecule has 1 amide bonds. The first-order chi connectivity index (χ1) is 9.99. The molecule has 0 bridgehead atoms. The molecule has 1 saturated carbocycles. The number of nitrogens with zero attached hydrogens (tertiary/aromatic N) is 1. The molecule has 114 valence electrons. The fourth-order valence-electron chi connectivity index (χ4n) is 2.80. The summed E-state index contributed by atoms with van der Waals surface area (Å²) in [6.07, 6.45) is 3.19. The fourth-order valence-corrected chi connectivity index (χ4v) is 2.80. The largest absolute Gasteiger partial charge is 0.481 e. The van der Waals surface area contributed by atoms with Crippen molar-refractivity contribution in [3.8, 4) is 0 Å². The van der Waals surface area contributed by atoms with Crippen LogP contribution in [0.4, 0.5) is 5.69 Å². The first-order valence-electron chi connectivity index (χ1n) is 7.29. The summed E-state index contributed by atoms with van der Waals surface area (Å²) in [6.45, 7) is 0. The maximum Gasteiger partial charge on any atom is 0.306 e. The van der Waals surface area contributed by atoms with Crippen LogP contribution >= 0.6 is 0 Å². The highest BCUT2D eigenvalue weighted by Gasteiger charge is 2.27. The number of benzene rings is 1. The summed E-state index contributed by atoms with van der Waals surface area (Å²) >= 11 is 0. The Labute approximate surface area is 125 Å². The maximum atomic E-state index is 12.2. The van der Waals surface area contributed by atoms with E-state index in [1.165, 1.54) is 0 Å². The highest BCUT2D eigenvalue weighted by molar-refractivity contribution is 5.99. The van der Waals surface area contributed by atoms with E-state index in [0.29, 0.717) is 12.0 Å². The molecule has 0 radical (unpaired) electrons. The van der Waals surface area contributed by atoms with Gasteiger partial charge >= 0.3 is 5.97 Å². The van der Waals surface area contributed by atoms with Gasteiger partial charge in [0.2, 0.25) is 0 Å². The monoisotopic (exact) mass is 290 g/mol. The minimum absolute atomic E-state index is 0.0521. The fraction of sp³-hybridized carbons (Fsp3) is 0.500. The summed E-state index contributed by atoms with van der Waals surface area (Å²) in [4.78, 5) is 24.8. The molecule has 5 nitrogen and oxygen atoms in total. The molecular formula is C16H22N2O3. The van der Waals surface area contributed by atoms with E-state index in [4.69, 9.17) is 5.11 Å². The van der Waals surface area contributed by atoms with Crippen LogP contribution in [-0.4, -0.2) is 42.0 Å². The summed E-state index contributed by atoms with van der Waals surface area (Å²) < 4.78 is 0. The predicted octanol–water partition coefficient (Wildman–Crippen LogP) is 2.44. The molecule has 21 heavy (non-hydrogen) atoms. The molecule has 0 aromatic heterocycles. The van der Waals surface area contributed by atoms with Gasteiger partial charge in [-0.3, -0.25) is 9.59 Å². The number of nitrogens with one attached hydrogen (secondary N) is 1. The Kier molecular flexibility index (Phi) is 4.83. The minimum atomic E-state index is -0.723. The number of para-hydroxylation sites is 1. The number of carbonyl (C=O) groups excluding carboxylic acids is 1. The molecule has 0 spiro atoms. The van der Waals surface area contributed by atoms with Crippen molar-refractivity contribution in [2.75, 3.05) is 19.4 Å². The molecule has 0 aliphatic heterocycles. The van der Waals surface area contributed by atoms with E-state index in [1.54, 1.807) is 25.1 Å². The van der Waals surface area contributed by atoms with E-state index in [9.17, 15) is 9.59 Å². The van der Waals surface area contributed by atoms with Crippen molar-refractivity contribution in [1.29, 1.82) is 0 Å². The second kappa shape index (κ2) is 6.61. The third-order valence-corrected chi connectivity index (χ3v) is 3.95. The van der Waals surface area contributed by atoms with Crippen LogP contribution in [0.5, 0.6) is 0 Å². The second-order valence-electron chi connectivity index (χ2n) is 5.79. The summed E-state index contributed by atoms with van der Waals surface area (Å²) in [6, 6.07) is 7.49. The van der Waals surface area contributed by atoms with Crippen molar-refractivity contribution in [1.82, 2.24) is 4.90 Å². The lowest BCUT2D eigenvalue weighted by Gasteiger charge is -2.29. The lowest BCUT2D eigenvalue weighted by atomic mass is 9.85. The van der Waals surface area contributed by atoms with Crippen LogP contribution in [0.25, 0.3) is 0 Å². The van der Waals surface area contributed by atoms with Gasteiger partial charge in [0.1, 0.15) is 0 Å². The minimum Gasteiger partial charge on any atom is -0.481 e. The molecule has 2 unspecified atom stereocenters. The Hall–Kier alpha value is -2.04. The summed E-state index contributed by atoms with van der Waals surface area (Å²) in [5.41, 5.74) is 1.41. The molecule has 1 aliphatic carbocycles. The summed E-state index contributed by atoms with van der Waals surface area (Å²) in [5, 5.41) is 12.5. The van der Waals surface area contributed by atoms with E-state index in [1.807, 2.05) is 18.2 Å². The van der Waals surface area contributed by atoms with Crippen LogP contribution in [0.1, 0.15) is 36.0 Å². The number of carboxylic acid groups (broad SMARTS) is 1. The molecule has 5 heteroatoms. The Morgan fingerprint density at radius 2 is 1.95 bits per heavy atom. The molecule has 2 N–H and O–H groups in total. The number of amides is 1. The van der Waals surface area contributed by atoms with Crippen LogP contribution < -0.4 is 5.32 Å². The van der Waals surface area contributed by atoms with Crippen molar-refractivity contribution in [2.45, 2.75) is 31.7 Å². The molecular weight excluding hydrogens is 268 g/mol. The van der Waals surface area contributed by atoms with Gasteiger partial charge in [0.05, 0.1) is 11.5 Å². The Bertz CT molecular complexity index is 528. The second-order valence-corrected chi connectivity index (χ2v) is 5.79. The zero-order chi connectivity index (χ0) is 15.4. The number of aliphatic carboxylic acids is 1. The molecule has 2 rings (SSSR count). The predicted molar refractivity (Wildman–Crippen MR) is 81.5 cm³/mol. The number of hydrogen-bond donors (Lipinski definition) is 2. The van der Waals surface area contributed by atoms with E-state index in [2.05, 4.69) is 5.32 Å². The number of carbonyl (C=O) groups is 2. The average Bonchev–Trinajstić information content (AvgIpc) is 2.47. The van der Waals surface area contributed by atoms with Crippen molar-refractivity contribution in [3.63, 3.8) is 0 Å². The smallest absolute Gasteiger partial charge is 0.306 e. The SMILES string of the molecule is CN(C)C(=O)c1ccccc1NC1CCCC(C(=O)O)C1. The normalized spacial score (nSPS) is 21.6. The maximum absolute atomic E-state index is 12.2. The molecule has 0 saturated heterocycles. The topological polar surface area (TPSA) is 69.6 Å². The van der Waals surface area contributed by atoms with Crippen LogP contribution in [0, 0.1) is 5.92 Å². The first-order valence-corrected chi connectivity index (χ1v) is 7.29. The summed E-state index contributed by atoms with van der Waals surface area (Å²) in [5.74, 6) is -1.06. The van der Waals surface area contributed by atoms with Crippen molar-refractivity contribution < 1.29 is 14.7 Å². The third-order valence-electron chi connectivity index (χ3n) is 3.95. The zero-order valence-electron chi connectivity index (χ0n) is 12.5. The molecule has 1 fully saturated rings. The highest BCUT2D eigenvalue weighted by Crippen LogP contribution is 2.28. The quantitative estimate of drug-likeness (QED) is 0.893. The van der Waals surface area contributed by atoms with Gasteiger partial charge in [0.25, 0.3) is 5.91 Å². The molecule has 1 aromatic rings. The third kappa shape index (κ3) is 3.74. The Morgan fingerprint density at radius 1 is 1.24 bits per heavy atom. The number of hydrogen-bond acceptors (Lipinski definition) is 3. The average molecular weight is 290 g/mol. The number of rotatable bonds is 4. The molecule has 1 aromatic carbocycles.